The minimum atomic E-state index is -3.13. The van der Waals surface area contributed by atoms with Crippen LogP contribution in [0.5, 0.6) is 0 Å². The van der Waals surface area contributed by atoms with E-state index < -0.39 is 9.84 Å². The average Bonchev–Trinajstić information content (AvgIpc) is 2.38. The van der Waals surface area contributed by atoms with E-state index in [1.165, 1.54) is 6.26 Å². The van der Waals surface area contributed by atoms with Crippen molar-refractivity contribution in [2.75, 3.05) is 6.26 Å². The standard InChI is InChI=1S/C14H12O2S2/c1-18(15,16)14-8-6-13(7-9-14)12-4-2-11(10-17)3-5-12/h2-10H,1H3. The highest BCUT2D eigenvalue weighted by molar-refractivity contribution is 7.90. The molecule has 0 atom stereocenters. The second-order valence-corrected chi connectivity index (χ2v) is 6.29. The molecule has 0 aliphatic carbocycles. The van der Waals surface area contributed by atoms with Crippen LogP contribution in [-0.2, 0) is 9.84 Å². The molecule has 18 heavy (non-hydrogen) atoms. The molecule has 2 rings (SSSR count). The van der Waals surface area contributed by atoms with Crippen LogP contribution in [0.1, 0.15) is 5.56 Å². The first-order valence-corrected chi connectivity index (χ1v) is 7.73. The van der Waals surface area contributed by atoms with Gasteiger partial charge in [-0.15, -0.1) is 0 Å². The van der Waals surface area contributed by atoms with Gasteiger partial charge in [0.25, 0.3) is 0 Å². The molecule has 0 spiro atoms. The molecule has 2 aromatic rings. The Labute approximate surface area is 112 Å². The molecule has 0 unspecified atom stereocenters. The smallest absolute Gasteiger partial charge is 0.175 e. The molecule has 92 valence electrons. The van der Waals surface area contributed by atoms with E-state index in [1.54, 1.807) is 17.5 Å². The van der Waals surface area contributed by atoms with Gasteiger partial charge in [-0.2, -0.15) is 0 Å². The van der Waals surface area contributed by atoms with Crippen molar-refractivity contribution in [3.8, 4) is 11.1 Å². The first kappa shape index (κ1) is 12.9. The number of hydrogen-bond acceptors (Lipinski definition) is 3. The summed E-state index contributed by atoms with van der Waals surface area (Å²) in [6.07, 6.45) is 1.20. The zero-order chi connectivity index (χ0) is 13.2. The van der Waals surface area contributed by atoms with Crippen molar-refractivity contribution in [2.45, 2.75) is 4.90 Å². The van der Waals surface area contributed by atoms with E-state index in [4.69, 9.17) is 12.2 Å². The second-order valence-electron chi connectivity index (χ2n) is 4.04. The van der Waals surface area contributed by atoms with Gasteiger partial charge in [0.2, 0.25) is 0 Å². The summed E-state index contributed by atoms with van der Waals surface area (Å²) in [4.78, 5) is 0.335. The summed E-state index contributed by atoms with van der Waals surface area (Å²) < 4.78 is 22.7. The molecular weight excluding hydrogens is 264 g/mol. The van der Waals surface area contributed by atoms with Crippen molar-refractivity contribution in [2.24, 2.45) is 0 Å². The lowest BCUT2D eigenvalue weighted by Crippen LogP contribution is -1.96. The lowest BCUT2D eigenvalue weighted by atomic mass is 10.0. The quantitative estimate of drug-likeness (QED) is 0.808. The third-order valence-electron chi connectivity index (χ3n) is 2.66. The van der Waals surface area contributed by atoms with Crippen LogP contribution >= 0.6 is 12.2 Å². The highest BCUT2D eigenvalue weighted by atomic mass is 32.2. The largest absolute Gasteiger partial charge is 0.224 e. The fourth-order valence-corrected chi connectivity index (χ4v) is 2.44. The summed E-state index contributed by atoms with van der Waals surface area (Å²) in [6, 6.07) is 14.7. The number of sulfone groups is 1. The maximum atomic E-state index is 11.3. The lowest BCUT2D eigenvalue weighted by molar-refractivity contribution is 0.602. The minimum absolute atomic E-state index is 0.335. The Hall–Kier alpha value is -1.52. The Morgan fingerprint density at radius 2 is 1.33 bits per heavy atom. The molecule has 0 aliphatic heterocycles. The maximum Gasteiger partial charge on any atom is 0.175 e. The molecule has 0 aromatic heterocycles. The fourth-order valence-electron chi connectivity index (χ4n) is 1.65. The molecule has 0 radical (unpaired) electrons. The Morgan fingerprint density at radius 3 is 1.72 bits per heavy atom. The van der Waals surface area contributed by atoms with E-state index >= 15 is 0 Å². The van der Waals surface area contributed by atoms with E-state index in [2.05, 4.69) is 0 Å². The topological polar surface area (TPSA) is 34.1 Å². The van der Waals surface area contributed by atoms with Crippen LogP contribution in [0.25, 0.3) is 11.1 Å². The second kappa shape index (κ2) is 5.00. The molecule has 4 heteroatoms. The molecule has 0 fully saturated rings. The van der Waals surface area contributed by atoms with Gasteiger partial charge in [-0.05, 0) is 28.8 Å². The van der Waals surface area contributed by atoms with Gasteiger partial charge in [-0.25, -0.2) is 8.42 Å². The minimum Gasteiger partial charge on any atom is -0.224 e. The summed E-state index contributed by atoms with van der Waals surface area (Å²) in [5, 5.41) is 1.62. The molecule has 0 heterocycles. The third kappa shape index (κ3) is 2.83. The van der Waals surface area contributed by atoms with Crippen molar-refractivity contribution >= 4 is 27.4 Å². The monoisotopic (exact) mass is 276 g/mol. The van der Waals surface area contributed by atoms with Crippen molar-refractivity contribution in [3.05, 3.63) is 54.1 Å². The zero-order valence-electron chi connectivity index (χ0n) is 9.83. The van der Waals surface area contributed by atoms with Crippen LogP contribution in [0, 0.1) is 0 Å². The molecule has 0 saturated heterocycles. The first-order chi connectivity index (χ1) is 8.50. The number of thiocarbonyl (C=S) groups is 1. The van der Waals surface area contributed by atoms with Gasteiger partial charge in [0.15, 0.2) is 9.84 Å². The van der Waals surface area contributed by atoms with E-state index in [-0.39, 0.29) is 0 Å². The van der Waals surface area contributed by atoms with Crippen molar-refractivity contribution in [1.82, 2.24) is 0 Å². The van der Waals surface area contributed by atoms with Crippen molar-refractivity contribution < 1.29 is 8.42 Å². The predicted molar refractivity (Wildman–Crippen MR) is 77.7 cm³/mol. The van der Waals surface area contributed by atoms with Crippen LogP contribution in [-0.4, -0.2) is 20.0 Å². The van der Waals surface area contributed by atoms with Gasteiger partial charge in [0.1, 0.15) is 0 Å². The molecule has 0 bridgehead atoms. The van der Waals surface area contributed by atoms with Crippen molar-refractivity contribution in [3.63, 3.8) is 0 Å². The van der Waals surface area contributed by atoms with E-state index in [1.807, 2.05) is 36.4 Å². The van der Waals surface area contributed by atoms with Crippen LogP contribution in [0.15, 0.2) is 53.4 Å². The summed E-state index contributed by atoms with van der Waals surface area (Å²) >= 11 is 4.84. The highest BCUT2D eigenvalue weighted by Gasteiger charge is 2.06. The summed E-state index contributed by atoms with van der Waals surface area (Å²) in [6.45, 7) is 0. The van der Waals surface area contributed by atoms with E-state index in [9.17, 15) is 8.42 Å². The normalized spacial score (nSPS) is 11.2. The van der Waals surface area contributed by atoms with Crippen molar-refractivity contribution in [1.29, 1.82) is 0 Å². The van der Waals surface area contributed by atoms with Gasteiger partial charge >= 0.3 is 0 Å². The Balaban J connectivity index is 2.37. The SMILES string of the molecule is CS(=O)(=O)c1ccc(-c2ccc(C=S)cc2)cc1. The lowest BCUT2D eigenvalue weighted by Gasteiger charge is -2.03. The number of rotatable bonds is 3. The van der Waals surface area contributed by atoms with Crippen LogP contribution in [0.3, 0.4) is 0 Å². The first-order valence-electron chi connectivity index (χ1n) is 5.36. The molecule has 0 N–H and O–H groups in total. The highest BCUT2D eigenvalue weighted by Crippen LogP contribution is 2.21. The van der Waals surface area contributed by atoms with Gasteiger partial charge in [-0.3, -0.25) is 0 Å². The predicted octanol–water partition coefficient (Wildman–Crippen LogP) is 3.10. The third-order valence-corrected chi connectivity index (χ3v) is 4.06. The Morgan fingerprint density at radius 1 is 0.889 bits per heavy atom. The van der Waals surface area contributed by atoms with Gasteiger partial charge in [0.05, 0.1) is 4.90 Å². The zero-order valence-corrected chi connectivity index (χ0v) is 11.5. The Bertz CT molecular complexity index is 654. The summed E-state index contributed by atoms with van der Waals surface area (Å²) in [7, 11) is -3.13. The average molecular weight is 276 g/mol. The van der Waals surface area contributed by atoms with Gasteiger partial charge in [0, 0.05) is 11.6 Å². The summed E-state index contributed by atoms with van der Waals surface area (Å²) in [5.74, 6) is 0. The number of hydrogen-bond donors (Lipinski definition) is 0. The molecular formula is C14H12O2S2. The molecule has 0 saturated carbocycles. The molecule has 2 nitrogen and oxygen atoms in total. The maximum absolute atomic E-state index is 11.3. The fraction of sp³-hybridized carbons (Fsp3) is 0.0714. The summed E-state index contributed by atoms with van der Waals surface area (Å²) in [5.41, 5.74) is 3.01. The van der Waals surface area contributed by atoms with Gasteiger partial charge < -0.3 is 0 Å². The molecule has 2 aromatic carbocycles. The molecule has 0 aliphatic rings. The Kier molecular flexibility index (Phi) is 3.59. The van der Waals surface area contributed by atoms with E-state index in [0.717, 1.165) is 16.7 Å². The van der Waals surface area contributed by atoms with E-state index in [0.29, 0.717) is 4.90 Å². The van der Waals surface area contributed by atoms with Crippen LogP contribution < -0.4 is 0 Å². The van der Waals surface area contributed by atoms with Crippen LogP contribution in [0.4, 0.5) is 0 Å². The number of benzene rings is 2. The molecule has 0 amide bonds. The van der Waals surface area contributed by atoms with Crippen LogP contribution in [0.2, 0.25) is 0 Å². The van der Waals surface area contributed by atoms with Gasteiger partial charge in [-0.1, -0.05) is 48.6 Å².